The molecule has 1 aromatic rings. The standard InChI is InChI=1S/C13H12Cl2N2O3/c1-2-20-13(19)17-12(18)9(7-16)5-8-3-4-10(14)11(15)6-8/h3-4,6,9H,2,5H2,1H3,(H,17,18,19). The van der Waals surface area contributed by atoms with Crippen molar-refractivity contribution in [2.75, 3.05) is 6.61 Å². The van der Waals surface area contributed by atoms with E-state index in [1.807, 2.05) is 11.4 Å². The van der Waals surface area contributed by atoms with Gasteiger partial charge in [-0.1, -0.05) is 29.3 Å². The molecule has 7 heteroatoms. The molecule has 0 saturated carbocycles. The number of hydrogen-bond donors (Lipinski definition) is 1. The third kappa shape index (κ3) is 4.72. The van der Waals surface area contributed by atoms with E-state index < -0.39 is 17.9 Å². The molecule has 1 atom stereocenters. The second-order valence-electron chi connectivity index (χ2n) is 3.84. The van der Waals surface area contributed by atoms with Crippen molar-refractivity contribution >= 4 is 35.2 Å². The highest BCUT2D eigenvalue weighted by Crippen LogP contribution is 2.23. The van der Waals surface area contributed by atoms with Crippen LogP contribution in [0.4, 0.5) is 4.79 Å². The predicted molar refractivity (Wildman–Crippen MR) is 74.4 cm³/mol. The van der Waals surface area contributed by atoms with Gasteiger partial charge < -0.3 is 4.74 Å². The van der Waals surface area contributed by atoms with Crippen LogP contribution in [0.5, 0.6) is 0 Å². The number of carbonyl (C=O) groups excluding carboxylic acids is 2. The summed E-state index contributed by atoms with van der Waals surface area (Å²) >= 11 is 11.6. The Balaban J connectivity index is 2.71. The van der Waals surface area contributed by atoms with Crippen molar-refractivity contribution in [3.63, 3.8) is 0 Å². The molecule has 0 saturated heterocycles. The number of nitriles is 1. The van der Waals surface area contributed by atoms with E-state index in [1.54, 1.807) is 25.1 Å². The summed E-state index contributed by atoms with van der Waals surface area (Å²) in [5.41, 5.74) is 0.671. The number of amides is 2. The molecule has 0 aliphatic carbocycles. The molecule has 0 aromatic heterocycles. The quantitative estimate of drug-likeness (QED) is 0.926. The number of alkyl carbamates (subject to hydrolysis) is 1. The largest absolute Gasteiger partial charge is 0.450 e. The van der Waals surface area contributed by atoms with Gasteiger partial charge in [-0.25, -0.2) is 4.79 Å². The average Bonchev–Trinajstić information content (AvgIpc) is 2.40. The second kappa shape index (κ2) is 7.73. The molecule has 2 amide bonds. The predicted octanol–water partition coefficient (Wildman–Crippen LogP) is 2.95. The number of nitrogens with one attached hydrogen (secondary N) is 1. The number of imide groups is 1. The first-order chi connectivity index (χ1) is 9.47. The molecule has 0 aliphatic rings. The van der Waals surface area contributed by atoms with Crippen LogP contribution >= 0.6 is 23.2 Å². The SMILES string of the molecule is CCOC(=O)NC(=O)C(C#N)Cc1ccc(Cl)c(Cl)c1. The van der Waals surface area contributed by atoms with Gasteiger partial charge in [-0.3, -0.25) is 10.1 Å². The number of halogens is 2. The summed E-state index contributed by atoms with van der Waals surface area (Å²) in [7, 11) is 0. The van der Waals surface area contributed by atoms with Crippen LogP contribution in [-0.2, 0) is 16.0 Å². The van der Waals surface area contributed by atoms with E-state index in [0.717, 1.165) is 0 Å². The van der Waals surface area contributed by atoms with E-state index in [-0.39, 0.29) is 13.0 Å². The van der Waals surface area contributed by atoms with Crippen LogP contribution < -0.4 is 5.32 Å². The lowest BCUT2D eigenvalue weighted by molar-refractivity contribution is -0.122. The molecule has 1 unspecified atom stereocenters. The van der Waals surface area contributed by atoms with Gasteiger partial charge in [-0.05, 0) is 31.0 Å². The first kappa shape index (κ1) is 16.3. The van der Waals surface area contributed by atoms with Crippen molar-refractivity contribution in [3.8, 4) is 6.07 Å². The molecule has 0 spiro atoms. The Labute approximate surface area is 126 Å². The van der Waals surface area contributed by atoms with Crippen LogP contribution in [0.15, 0.2) is 18.2 Å². The Bertz CT molecular complexity index is 555. The molecule has 0 radical (unpaired) electrons. The van der Waals surface area contributed by atoms with Crippen molar-refractivity contribution in [1.82, 2.24) is 5.32 Å². The Morgan fingerprint density at radius 1 is 1.40 bits per heavy atom. The van der Waals surface area contributed by atoms with Crippen LogP contribution in [-0.4, -0.2) is 18.6 Å². The van der Waals surface area contributed by atoms with E-state index in [9.17, 15) is 9.59 Å². The molecular weight excluding hydrogens is 303 g/mol. The Morgan fingerprint density at radius 3 is 2.65 bits per heavy atom. The molecule has 1 rings (SSSR count). The van der Waals surface area contributed by atoms with E-state index in [2.05, 4.69) is 4.74 Å². The molecule has 1 aromatic carbocycles. The van der Waals surface area contributed by atoms with E-state index in [0.29, 0.717) is 15.6 Å². The fourth-order valence-corrected chi connectivity index (χ4v) is 1.77. The van der Waals surface area contributed by atoms with Crippen molar-refractivity contribution in [2.45, 2.75) is 13.3 Å². The van der Waals surface area contributed by atoms with E-state index >= 15 is 0 Å². The fourth-order valence-electron chi connectivity index (χ4n) is 1.45. The minimum absolute atomic E-state index is 0.124. The van der Waals surface area contributed by atoms with E-state index in [4.69, 9.17) is 28.5 Å². The maximum absolute atomic E-state index is 11.7. The zero-order chi connectivity index (χ0) is 15.1. The normalized spacial score (nSPS) is 11.3. The van der Waals surface area contributed by atoms with Crippen molar-refractivity contribution in [3.05, 3.63) is 33.8 Å². The molecule has 5 nitrogen and oxygen atoms in total. The average molecular weight is 315 g/mol. The summed E-state index contributed by atoms with van der Waals surface area (Å²) in [6.45, 7) is 1.75. The summed E-state index contributed by atoms with van der Waals surface area (Å²) in [5, 5.41) is 11.7. The number of rotatable bonds is 4. The lowest BCUT2D eigenvalue weighted by Gasteiger charge is -2.10. The van der Waals surface area contributed by atoms with Crippen molar-refractivity contribution < 1.29 is 14.3 Å². The molecule has 1 N–H and O–H groups in total. The number of hydrogen-bond acceptors (Lipinski definition) is 4. The van der Waals surface area contributed by atoms with Crippen molar-refractivity contribution in [1.29, 1.82) is 5.26 Å². The fraction of sp³-hybridized carbons (Fsp3) is 0.308. The molecule has 0 heterocycles. The second-order valence-corrected chi connectivity index (χ2v) is 4.66. The Hall–Kier alpha value is -1.77. The summed E-state index contributed by atoms with van der Waals surface area (Å²) < 4.78 is 4.57. The van der Waals surface area contributed by atoms with Gasteiger partial charge in [0.2, 0.25) is 5.91 Å². The molecule has 106 valence electrons. The van der Waals surface area contributed by atoms with Crippen LogP contribution in [0.1, 0.15) is 12.5 Å². The van der Waals surface area contributed by atoms with Gasteiger partial charge in [0.05, 0.1) is 22.7 Å². The number of nitrogens with zero attached hydrogens (tertiary/aromatic N) is 1. The summed E-state index contributed by atoms with van der Waals surface area (Å²) in [6.07, 6.45) is -0.745. The van der Waals surface area contributed by atoms with Gasteiger partial charge >= 0.3 is 6.09 Å². The Morgan fingerprint density at radius 2 is 2.10 bits per heavy atom. The molecular formula is C13H12Cl2N2O3. The van der Waals surface area contributed by atoms with Gasteiger partial charge in [0, 0.05) is 0 Å². The highest BCUT2D eigenvalue weighted by atomic mass is 35.5. The number of benzene rings is 1. The van der Waals surface area contributed by atoms with Gasteiger partial charge in [0.25, 0.3) is 0 Å². The number of ether oxygens (including phenoxy) is 1. The summed E-state index contributed by atoms with van der Waals surface area (Å²) in [5.74, 6) is -1.73. The first-order valence-corrected chi connectivity index (χ1v) is 6.54. The highest BCUT2D eigenvalue weighted by molar-refractivity contribution is 6.42. The third-order valence-corrected chi connectivity index (χ3v) is 3.14. The Kier molecular flexibility index (Phi) is 6.29. The van der Waals surface area contributed by atoms with Crippen LogP contribution in [0.2, 0.25) is 10.0 Å². The lowest BCUT2D eigenvalue weighted by Crippen LogP contribution is -2.36. The minimum atomic E-state index is -1.02. The van der Waals surface area contributed by atoms with Crippen LogP contribution in [0.25, 0.3) is 0 Å². The lowest BCUT2D eigenvalue weighted by atomic mass is 10.00. The van der Waals surface area contributed by atoms with Crippen molar-refractivity contribution in [2.24, 2.45) is 5.92 Å². The smallest absolute Gasteiger partial charge is 0.413 e. The van der Waals surface area contributed by atoms with Crippen LogP contribution in [0.3, 0.4) is 0 Å². The summed E-state index contributed by atoms with van der Waals surface area (Å²) in [6, 6.07) is 6.65. The highest BCUT2D eigenvalue weighted by Gasteiger charge is 2.21. The zero-order valence-electron chi connectivity index (χ0n) is 10.7. The zero-order valence-corrected chi connectivity index (χ0v) is 12.2. The first-order valence-electron chi connectivity index (χ1n) is 5.79. The molecule has 0 aliphatic heterocycles. The van der Waals surface area contributed by atoms with Crippen LogP contribution in [0, 0.1) is 17.2 Å². The number of carbonyl (C=O) groups is 2. The maximum Gasteiger partial charge on any atom is 0.413 e. The minimum Gasteiger partial charge on any atom is -0.450 e. The third-order valence-electron chi connectivity index (χ3n) is 2.40. The van der Waals surface area contributed by atoms with Gasteiger partial charge in [0.1, 0.15) is 5.92 Å². The maximum atomic E-state index is 11.7. The molecule has 0 bridgehead atoms. The van der Waals surface area contributed by atoms with Gasteiger partial charge in [-0.2, -0.15) is 5.26 Å². The molecule has 20 heavy (non-hydrogen) atoms. The van der Waals surface area contributed by atoms with Gasteiger partial charge in [0.15, 0.2) is 0 Å². The monoisotopic (exact) mass is 314 g/mol. The molecule has 0 fully saturated rings. The topological polar surface area (TPSA) is 79.2 Å². The van der Waals surface area contributed by atoms with E-state index in [1.165, 1.54) is 0 Å². The summed E-state index contributed by atoms with van der Waals surface area (Å²) in [4.78, 5) is 22.8. The van der Waals surface area contributed by atoms with Gasteiger partial charge in [-0.15, -0.1) is 0 Å².